The van der Waals surface area contributed by atoms with Crippen molar-refractivity contribution in [3.8, 4) is 0 Å². The van der Waals surface area contributed by atoms with Gasteiger partial charge >= 0.3 is 5.97 Å². The Morgan fingerprint density at radius 1 is 1.41 bits per heavy atom. The minimum Gasteiger partial charge on any atom is -0.480 e. The van der Waals surface area contributed by atoms with Gasteiger partial charge < -0.3 is 15.4 Å². The van der Waals surface area contributed by atoms with E-state index in [2.05, 4.69) is 25.3 Å². The van der Waals surface area contributed by atoms with E-state index in [-0.39, 0.29) is 0 Å². The summed E-state index contributed by atoms with van der Waals surface area (Å²) in [5.74, 6) is -0.343. The van der Waals surface area contributed by atoms with Crippen LogP contribution in [0.5, 0.6) is 0 Å². The first-order chi connectivity index (χ1) is 8.21. The van der Waals surface area contributed by atoms with Crippen molar-refractivity contribution in [2.75, 3.05) is 5.32 Å². The van der Waals surface area contributed by atoms with Gasteiger partial charge in [-0.05, 0) is 19.3 Å². The second-order valence-electron chi connectivity index (χ2n) is 4.19. The molecular weight excluding hydrogens is 222 g/mol. The third-order valence-corrected chi connectivity index (χ3v) is 3.20. The molecule has 0 unspecified atom stereocenters. The number of aromatic amines is 1. The molecule has 17 heavy (non-hydrogen) atoms. The van der Waals surface area contributed by atoms with Gasteiger partial charge in [-0.3, -0.25) is 0 Å². The molecule has 1 saturated carbocycles. The molecule has 2 aromatic rings. The summed E-state index contributed by atoms with van der Waals surface area (Å²) in [7, 11) is 0. The number of hydrogen-bond donors (Lipinski definition) is 3. The number of carbonyl (C=O) groups is 1. The van der Waals surface area contributed by atoms with Crippen molar-refractivity contribution < 1.29 is 9.90 Å². The fourth-order valence-corrected chi connectivity index (χ4v) is 2.01. The molecule has 0 atom stereocenters. The summed E-state index contributed by atoms with van der Waals surface area (Å²) in [6, 6.07) is 0. The molecule has 2 aromatic heterocycles. The average molecular weight is 233 g/mol. The lowest BCUT2D eigenvalue weighted by Gasteiger charge is -2.38. The molecule has 0 saturated heterocycles. The zero-order valence-corrected chi connectivity index (χ0v) is 8.97. The quantitative estimate of drug-likeness (QED) is 0.723. The predicted molar refractivity (Wildman–Crippen MR) is 59.5 cm³/mol. The monoisotopic (exact) mass is 233 g/mol. The minimum atomic E-state index is -0.883. The lowest BCUT2D eigenvalue weighted by Crippen LogP contribution is -2.52. The van der Waals surface area contributed by atoms with E-state index in [0.717, 1.165) is 6.42 Å². The number of anilines is 1. The van der Waals surface area contributed by atoms with Crippen LogP contribution < -0.4 is 5.32 Å². The normalized spacial score (nSPS) is 17.6. The Morgan fingerprint density at radius 2 is 2.24 bits per heavy atom. The first kappa shape index (κ1) is 10.0. The zero-order valence-electron chi connectivity index (χ0n) is 8.97. The Bertz CT molecular complexity index is 575. The highest BCUT2D eigenvalue weighted by Crippen LogP contribution is 2.36. The molecule has 1 aliphatic rings. The maximum atomic E-state index is 11.3. The molecule has 0 aromatic carbocycles. The third kappa shape index (κ3) is 1.42. The lowest BCUT2D eigenvalue weighted by atomic mass is 9.77. The van der Waals surface area contributed by atoms with Crippen LogP contribution in [-0.4, -0.2) is 36.6 Å². The van der Waals surface area contributed by atoms with E-state index in [1.807, 2.05) is 0 Å². The number of nitrogens with one attached hydrogen (secondary N) is 2. The lowest BCUT2D eigenvalue weighted by molar-refractivity contribution is -0.145. The second kappa shape index (κ2) is 3.41. The van der Waals surface area contributed by atoms with Gasteiger partial charge in [-0.15, -0.1) is 0 Å². The number of hydrogen-bond acceptors (Lipinski definition) is 5. The topological polar surface area (TPSA) is 104 Å². The summed E-state index contributed by atoms with van der Waals surface area (Å²) in [6.45, 7) is 0. The van der Waals surface area contributed by atoms with E-state index in [4.69, 9.17) is 0 Å². The maximum absolute atomic E-state index is 11.3. The van der Waals surface area contributed by atoms with Crippen molar-refractivity contribution in [2.24, 2.45) is 0 Å². The summed E-state index contributed by atoms with van der Waals surface area (Å²) in [4.78, 5) is 26.2. The van der Waals surface area contributed by atoms with Gasteiger partial charge in [-0.25, -0.2) is 19.7 Å². The number of aromatic nitrogens is 4. The number of fused-ring (bicyclic) bond motifs is 1. The molecule has 0 spiro atoms. The Hall–Kier alpha value is -2.18. The second-order valence-corrected chi connectivity index (χ2v) is 4.19. The van der Waals surface area contributed by atoms with Crippen LogP contribution in [-0.2, 0) is 4.79 Å². The third-order valence-electron chi connectivity index (χ3n) is 3.20. The van der Waals surface area contributed by atoms with Gasteiger partial charge in [-0.1, -0.05) is 0 Å². The standard InChI is InChI=1S/C10H11N5O2/c16-9(17)10(2-1-3-10)15-8-6-7(12-4-11-6)13-5-14-8/h4-5H,1-3H2,(H,16,17)(H2,11,12,13,14,15). The minimum absolute atomic E-state index is 0.495. The molecule has 2 heterocycles. The Kier molecular flexibility index (Phi) is 2.01. The number of nitrogens with zero attached hydrogens (tertiary/aromatic N) is 3. The van der Waals surface area contributed by atoms with Crippen molar-refractivity contribution >= 4 is 23.0 Å². The highest BCUT2D eigenvalue weighted by molar-refractivity contribution is 5.88. The van der Waals surface area contributed by atoms with Gasteiger partial charge in [0.1, 0.15) is 17.4 Å². The van der Waals surface area contributed by atoms with Crippen LogP contribution in [0.1, 0.15) is 19.3 Å². The molecule has 3 rings (SSSR count). The number of rotatable bonds is 3. The largest absolute Gasteiger partial charge is 0.480 e. The number of carboxylic acid groups (broad SMARTS) is 1. The predicted octanol–water partition coefficient (Wildman–Crippen LogP) is 0.772. The van der Waals surface area contributed by atoms with Crippen molar-refractivity contribution in [1.82, 2.24) is 19.9 Å². The van der Waals surface area contributed by atoms with Crippen molar-refractivity contribution in [2.45, 2.75) is 24.8 Å². The SMILES string of the molecule is O=C(O)C1(Nc2ncnc3nc[nH]c23)CCC1. The molecular formula is C10H11N5O2. The van der Waals surface area contributed by atoms with E-state index in [1.165, 1.54) is 12.7 Å². The van der Waals surface area contributed by atoms with Crippen LogP contribution in [0, 0.1) is 0 Å². The van der Waals surface area contributed by atoms with Crippen LogP contribution in [0.25, 0.3) is 11.2 Å². The number of carboxylic acids is 1. The summed E-state index contributed by atoms with van der Waals surface area (Å²) in [6.07, 6.45) is 5.03. The first-order valence-electron chi connectivity index (χ1n) is 5.37. The van der Waals surface area contributed by atoms with E-state index in [1.54, 1.807) is 0 Å². The van der Waals surface area contributed by atoms with E-state index < -0.39 is 11.5 Å². The fourth-order valence-electron chi connectivity index (χ4n) is 2.01. The van der Waals surface area contributed by atoms with Gasteiger partial charge in [0, 0.05) is 0 Å². The van der Waals surface area contributed by atoms with Crippen molar-refractivity contribution in [1.29, 1.82) is 0 Å². The Balaban J connectivity index is 1.99. The summed E-state index contributed by atoms with van der Waals surface area (Å²) in [5.41, 5.74) is 0.286. The molecule has 1 fully saturated rings. The molecule has 0 bridgehead atoms. The van der Waals surface area contributed by atoms with Gasteiger partial charge in [0.05, 0.1) is 6.33 Å². The van der Waals surface area contributed by atoms with E-state index >= 15 is 0 Å². The number of imidazole rings is 1. The Morgan fingerprint density at radius 3 is 2.88 bits per heavy atom. The summed E-state index contributed by atoms with van der Waals surface area (Å²) >= 11 is 0. The van der Waals surface area contributed by atoms with Crippen LogP contribution in [0.3, 0.4) is 0 Å². The molecule has 7 heteroatoms. The maximum Gasteiger partial charge on any atom is 0.329 e. The summed E-state index contributed by atoms with van der Waals surface area (Å²) < 4.78 is 0. The van der Waals surface area contributed by atoms with Crippen LogP contribution >= 0.6 is 0 Å². The first-order valence-corrected chi connectivity index (χ1v) is 5.37. The average Bonchev–Trinajstić information content (AvgIpc) is 2.71. The van der Waals surface area contributed by atoms with Gasteiger partial charge in [0.25, 0.3) is 0 Å². The molecule has 0 radical (unpaired) electrons. The molecule has 3 N–H and O–H groups in total. The highest BCUT2D eigenvalue weighted by Gasteiger charge is 2.45. The van der Waals surface area contributed by atoms with Crippen LogP contribution in [0.15, 0.2) is 12.7 Å². The molecule has 7 nitrogen and oxygen atoms in total. The van der Waals surface area contributed by atoms with Crippen LogP contribution in [0.4, 0.5) is 5.82 Å². The van der Waals surface area contributed by atoms with Crippen molar-refractivity contribution in [3.05, 3.63) is 12.7 Å². The molecule has 1 aliphatic carbocycles. The summed E-state index contributed by atoms with van der Waals surface area (Å²) in [5, 5.41) is 12.2. The van der Waals surface area contributed by atoms with E-state index in [0.29, 0.717) is 29.8 Å². The number of H-pyrrole nitrogens is 1. The van der Waals surface area contributed by atoms with Gasteiger partial charge in [0.15, 0.2) is 11.5 Å². The van der Waals surface area contributed by atoms with E-state index in [9.17, 15) is 9.90 Å². The van der Waals surface area contributed by atoms with Gasteiger partial charge in [-0.2, -0.15) is 0 Å². The van der Waals surface area contributed by atoms with Crippen molar-refractivity contribution in [3.63, 3.8) is 0 Å². The smallest absolute Gasteiger partial charge is 0.329 e. The molecule has 88 valence electrons. The highest BCUT2D eigenvalue weighted by atomic mass is 16.4. The zero-order chi connectivity index (χ0) is 11.9. The number of aliphatic carboxylic acids is 1. The fraction of sp³-hybridized carbons (Fsp3) is 0.400. The van der Waals surface area contributed by atoms with Crippen LogP contribution in [0.2, 0.25) is 0 Å². The molecule has 0 amide bonds. The van der Waals surface area contributed by atoms with Gasteiger partial charge in [0.2, 0.25) is 0 Å². The molecule has 0 aliphatic heterocycles. The Labute approximate surface area is 96.3 Å².